The lowest BCUT2D eigenvalue weighted by atomic mass is 9.96. The molecular weight excluding hydrogens is 245 g/mol. The lowest BCUT2D eigenvalue weighted by molar-refractivity contribution is 0.000157. The molecule has 0 saturated carbocycles. The van der Waals surface area contributed by atoms with Gasteiger partial charge in [0.25, 0.3) is 5.91 Å². The molecule has 1 amide bonds. The molecule has 1 aromatic rings. The second kappa shape index (κ2) is 4.93. The van der Waals surface area contributed by atoms with Crippen molar-refractivity contribution in [2.24, 2.45) is 0 Å². The van der Waals surface area contributed by atoms with Gasteiger partial charge in [0.1, 0.15) is 5.82 Å². The Morgan fingerprint density at radius 2 is 2.16 bits per heavy atom. The van der Waals surface area contributed by atoms with E-state index in [1.54, 1.807) is 30.9 Å². The van der Waals surface area contributed by atoms with E-state index in [4.69, 9.17) is 0 Å². The molecule has 1 heterocycles. The molecule has 0 bridgehead atoms. The number of aliphatic hydroxyl groups is 1. The van der Waals surface area contributed by atoms with Crippen LogP contribution in [-0.2, 0) is 0 Å². The zero-order valence-corrected chi connectivity index (χ0v) is 11.6. The van der Waals surface area contributed by atoms with Crippen molar-refractivity contribution in [3.8, 4) is 0 Å². The van der Waals surface area contributed by atoms with Crippen molar-refractivity contribution < 1.29 is 14.3 Å². The molecule has 0 aromatic heterocycles. The second-order valence-corrected chi connectivity index (χ2v) is 5.79. The Hall–Kier alpha value is -1.42. The van der Waals surface area contributed by atoms with Gasteiger partial charge in [0.15, 0.2) is 0 Å². The first kappa shape index (κ1) is 14.0. The predicted molar refractivity (Wildman–Crippen MR) is 71.5 cm³/mol. The van der Waals surface area contributed by atoms with Gasteiger partial charge >= 0.3 is 0 Å². The van der Waals surface area contributed by atoms with Crippen molar-refractivity contribution in [1.29, 1.82) is 0 Å². The Morgan fingerprint density at radius 3 is 2.79 bits per heavy atom. The van der Waals surface area contributed by atoms with Crippen LogP contribution >= 0.6 is 0 Å². The summed E-state index contributed by atoms with van der Waals surface area (Å²) in [5, 5.41) is 10.1. The number of carbonyl (C=O) groups is 1. The molecule has 0 aliphatic carbocycles. The third-order valence-corrected chi connectivity index (χ3v) is 3.68. The second-order valence-electron chi connectivity index (χ2n) is 5.79. The smallest absolute Gasteiger partial charge is 0.257 e. The van der Waals surface area contributed by atoms with Gasteiger partial charge in [-0.15, -0.1) is 0 Å². The van der Waals surface area contributed by atoms with Crippen molar-refractivity contribution >= 4 is 5.91 Å². The summed E-state index contributed by atoms with van der Waals surface area (Å²) in [6, 6.07) is 4.28. The summed E-state index contributed by atoms with van der Waals surface area (Å²) in [5.41, 5.74) is -0.0215. The number of aryl methyl sites for hydroxylation is 1. The Bertz CT molecular complexity index is 493. The van der Waals surface area contributed by atoms with Crippen LogP contribution in [0.2, 0.25) is 0 Å². The third-order valence-electron chi connectivity index (χ3n) is 3.68. The molecule has 1 fully saturated rings. The van der Waals surface area contributed by atoms with E-state index in [-0.39, 0.29) is 17.5 Å². The number of hydrogen-bond acceptors (Lipinski definition) is 2. The van der Waals surface area contributed by atoms with E-state index in [0.717, 1.165) is 18.4 Å². The molecule has 1 N–H and O–H groups in total. The highest BCUT2D eigenvalue weighted by molar-refractivity contribution is 5.95. The Kier molecular flexibility index (Phi) is 3.63. The molecule has 1 aromatic carbocycles. The fraction of sp³-hybridized carbons (Fsp3) is 0.533. The van der Waals surface area contributed by atoms with Crippen molar-refractivity contribution in [3.63, 3.8) is 0 Å². The monoisotopic (exact) mass is 265 g/mol. The first-order chi connectivity index (χ1) is 8.80. The fourth-order valence-electron chi connectivity index (χ4n) is 2.70. The minimum atomic E-state index is -0.966. The van der Waals surface area contributed by atoms with Gasteiger partial charge in [-0.05, 0) is 45.7 Å². The number of carbonyl (C=O) groups excluding carboxylic acids is 1. The standard InChI is InChI=1S/C15H20FNO2/c1-10-6-7-12(16)11(9-10)14(18)17-8-4-5-13(17)15(2,3)19/h6-7,9,13,19H,4-5,8H2,1-3H3. The van der Waals surface area contributed by atoms with Crippen LogP contribution in [0.3, 0.4) is 0 Å². The largest absolute Gasteiger partial charge is 0.388 e. The molecular formula is C15H20FNO2. The number of benzene rings is 1. The Morgan fingerprint density at radius 1 is 1.47 bits per heavy atom. The van der Waals surface area contributed by atoms with Gasteiger partial charge in [-0.2, -0.15) is 0 Å². The van der Waals surface area contributed by atoms with Gasteiger partial charge < -0.3 is 10.0 Å². The van der Waals surface area contributed by atoms with Gasteiger partial charge in [-0.1, -0.05) is 11.6 Å². The summed E-state index contributed by atoms with van der Waals surface area (Å²) in [6.07, 6.45) is 1.59. The molecule has 4 heteroatoms. The van der Waals surface area contributed by atoms with E-state index < -0.39 is 11.4 Å². The molecule has 3 nitrogen and oxygen atoms in total. The van der Waals surface area contributed by atoms with Gasteiger partial charge in [-0.3, -0.25) is 4.79 Å². The van der Waals surface area contributed by atoms with Gasteiger partial charge in [0, 0.05) is 6.54 Å². The molecule has 1 aliphatic rings. The number of rotatable bonds is 2. The average molecular weight is 265 g/mol. The van der Waals surface area contributed by atoms with E-state index in [2.05, 4.69) is 0 Å². The highest BCUT2D eigenvalue weighted by Crippen LogP contribution is 2.28. The van der Waals surface area contributed by atoms with Gasteiger partial charge in [0.05, 0.1) is 17.2 Å². The van der Waals surface area contributed by atoms with Crippen LogP contribution in [0.15, 0.2) is 18.2 Å². The maximum Gasteiger partial charge on any atom is 0.257 e. The third kappa shape index (κ3) is 2.78. The zero-order chi connectivity index (χ0) is 14.2. The molecule has 2 rings (SSSR count). The molecule has 1 aliphatic heterocycles. The van der Waals surface area contributed by atoms with Crippen molar-refractivity contribution in [1.82, 2.24) is 4.90 Å². The van der Waals surface area contributed by atoms with Crippen LogP contribution in [0, 0.1) is 12.7 Å². The van der Waals surface area contributed by atoms with Gasteiger partial charge in [0.2, 0.25) is 0 Å². The maximum atomic E-state index is 13.8. The molecule has 1 saturated heterocycles. The lowest BCUT2D eigenvalue weighted by Crippen LogP contribution is -2.48. The lowest BCUT2D eigenvalue weighted by Gasteiger charge is -2.34. The topological polar surface area (TPSA) is 40.5 Å². The quantitative estimate of drug-likeness (QED) is 0.892. The number of hydrogen-bond donors (Lipinski definition) is 1. The summed E-state index contributed by atoms with van der Waals surface area (Å²) in [4.78, 5) is 14.0. The number of amides is 1. The van der Waals surface area contributed by atoms with E-state index in [9.17, 15) is 14.3 Å². The summed E-state index contributed by atoms with van der Waals surface area (Å²) in [7, 11) is 0. The summed E-state index contributed by atoms with van der Waals surface area (Å²) >= 11 is 0. The SMILES string of the molecule is Cc1ccc(F)c(C(=O)N2CCCC2C(C)(C)O)c1. The van der Waals surface area contributed by atoms with Crippen molar-refractivity contribution in [3.05, 3.63) is 35.1 Å². The van der Waals surface area contributed by atoms with E-state index in [1.807, 2.05) is 6.92 Å². The highest BCUT2D eigenvalue weighted by Gasteiger charge is 2.39. The van der Waals surface area contributed by atoms with Crippen molar-refractivity contribution in [2.75, 3.05) is 6.54 Å². The van der Waals surface area contributed by atoms with Gasteiger partial charge in [-0.25, -0.2) is 4.39 Å². The summed E-state index contributed by atoms with van der Waals surface area (Å²) < 4.78 is 13.8. The van der Waals surface area contributed by atoms with E-state index >= 15 is 0 Å². The number of halogens is 1. The average Bonchev–Trinajstić information content (AvgIpc) is 2.80. The predicted octanol–water partition coefficient (Wildman–Crippen LogP) is 2.51. The number of nitrogens with zero attached hydrogens (tertiary/aromatic N) is 1. The minimum absolute atomic E-state index is 0.0937. The number of likely N-dealkylation sites (tertiary alicyclic amines) is 1. The molecule has 0 spiro atoms. The normalized spacial score (nSPS) is 19.8. The summed E-state index contributed by atoms with van der Waals surface area (Å²) in [5.74, 6) is -0.831. The van der Waals surface area contributed by atoms with Crippen LogP contribution in [0.1, 0.15) is 42.6 Å². The Balaban J connectivity index is 2.31. The summed E-state index contributed by atoms with van der Waals surface area (Å²) in [6.45, 7) is 5.78. The zero-order valence-electron chi connectivity index (χ0n) is 11.6. The van der Waals surface area contributed by atoms with Crippen molar-refractivity contribution in [2.45, 2.75) is 45.3 Å². The molecule has 104 valence electrons. The first-order valence-corrected chi connectivity index (χ1v) is 6.60. The van der Waals surface area contributed by atoms with E-state index in [1.165, 1.54) is 6.07 Å². The molecule has 0 radical (unpaired) electrons. The molecule has 1 atom stereocenters. The van der Waals surface area contributed by atoms with Crippen LogP contribution in [0.4, 0.5) is 4.39 Å². The maximum absolute atomic E-state index is 13.8. The van der Waals surface area contributed by atoms with Crippen LogP contribution in [0.25, 0.3) is 0 Å². The minimum Gasteiger partial charge on any atom is -0.388 e. The highest BCUT2D eigenvalue weighted by atomic mass is 19.1. The fourth-order valence-corrected chi connectivity index (χ4v) is 2.70. The van der Waals surface area contributed by atoms with Crippen LogP contribution < -0.4 is 0 Å². The molecule has 1 unspecified atom stereocenters. The van der Waals surface area contributed by atoms with Crippen LogP contribution in [-0.4, -0.2) is 34.1 Å². The molecule has 19 heavy (non-hydrogen) atoms. The first-order valence-electron chi connectivity index (χ1n) is 6.60. The van der Waals surface area contributed by atoms with E-state index in [0.29, 0.717) is 6.54 Å². The van der Waals surface area contributed by atoms with Crippen LogP contribution in [0.5, 0.6) is 0 Å². The Labute approximate surface area is 113 Å².